The second kappa shape index (κ2) is 7.67. The third kappa shape index (κ3) is 3.55. The Labute approximate surface area is 183 Å². The molecule has 0 amide bonds. The lowest BCUT2D eigenvalue weighted by atomic mass is 9.59. The number of carbonyl (C=O) groups is 1. The monoisotopic (exact) mass is 443 g/mol. The Kier molecular flexibility index (Phi) is 5.42. The van der Waals surface area contributed by atoms with Crippen LogP contribution in [-0.4, -0.2) is 39.8 Å². The van der Waals surface area contributed by atoms with Gasteiger partial charge in [0.05, 0.1) is 28.9 Å². The molecule has 1 aromatic rings. The number of benzene rings is 1. The van der Waals surface area contributed by atoms with Crippen LogP contribution in [-0.2, 0) is 24.8 Å². The lowest BCUT2D eigenvalue weighted by Crippen LogP contribution is -2.51. The number of Topliss-reactive ketones (excluding diaryl/α,β-unsaturated/α-hetero) is 1. The molecule has 3 aliphatic rings. The van der Waals surface area contributed by atoms with Gasteiger partial charge in [0.1, 0.15) is 0 Å². The van der Waals surface area contributed by atoms with Crippen molar-refractivity contribution in [3.63, 3.8) is 0 Å². The summed E-state index contributed by atoms with van der Waals surface area (Å²) >= 11 is 0. The number of hydrogen-bond donors (Lipinski definition) is 1. The van der Waals surface area contributed by atoms with Gasteiger partial charge in [0.15, 0.2) is 21.8 Å². The standard InChI is InChI=1S/C23H29N3O4S/c1-5-23(15-7-6-8-16(11-15)31(28,29)10-9-30-4)17-14-24-26-21(17)25-18-12-22(2,3)13-19(27)20(18)23/h6-8,11,14,21,25H,5,9-10,12-13H2,1-4H3/t21?,23-/m1/s1. The van der Waals surface area contributed by atoms with Crippen LogP contribution in [0.15, 0.2) is 62.4 Å². The van der Waals surface area contributed by atoms with E-state index < -0.39 is 15.3 Å². The van der Waals surface area contributed by atoms with Crippen molar-refractivity contribution in [1.29, 1.82) is 0 Å². The first-order valence-electron chi connectivity index (χ1n) is 10.6. The first-order valence-corrected chi connectivity index (χ1v) is 12.3. The number of ether oxygens (including phenoxy) is 1. The minimum absolute atomic E-state index is 0.0926. The van der Waals surface area contributed by atoms with Gasteiger partial charge in [-0.15, -0.1) is 0 Å². The summed E-state index contributed by atoms with van der Waals surface area (Å²) in [5, 5.41) is 11.9. The van der Waals surface area contributed by atoms with Crippen molar-refractivity contribution in [2.75, 3.05) is 19.5 Å². The van der Waals surface area contributed by atoms with E-state index in [1.54, 1.807) is 24.4 Å². The molecule has 2 aliphatic heterocycles. The van der Waals surface area contributed by atoms with E-state index in [0.717, 1.165) is 28.8 Å². The number of nitrogens with zero attached hydrogens (tertiary/aromatic N) is 2. The summed E-state index contributed by atoms with van der Waals surface area (Å²) < 4.78 is 30.7. The molecule has 4 rings (SSSR count). The Hall–Kier alpha value is -2.32. The molecular weight excluding hydrogens is 414 g/mol. The molecule has 2 atom stereocenters. The quantitative estimate of drug-likeness (QED) is 0.723. The van der Waals surface area contributed by atoms with Crippen LogP contribution in [0.25, 0.3) is 0 Å². The molecule has 0 saturated heterocycles. The molecule has 31 heavy (non-hydrogen) atoms. The number of azo groups is 1. The molecule has 166 valence electrons. The highest BCUT2D eigenvalue weighted by molar-refractivity contribution is 7.91. The van der Waals surface area contributed by atoms with Gasteiger partial charge in [-0.05, 0) is 36.0 Å². The largest absolute Gasteiger partial charge is 0.384 e. The van der Waals surface area contributed by atoms with Crippen LogP contribution in [0, 0.1) is 5.41 Å². The highest BCUT2D eigenvalue weighted by Gasteiger charge is 2.53. The molecule has 2 heterocycles. The van der Waals surface area contributed by atoms with E-state index in [0.29, 0.717) is 12.8 Å². The van der Waals surface area contributed by atoms with Gasteiger partial charge in [-0.1, -0.05) is 32.9 Å². The molecule has 1 unspecified atom stereocenters. The van der Waals surface area contributed by atoms with Crippen LogP contribution in [0.3, 0.4) is 0 Å². The maximum Gasteiger partial charge on any atom is 0.180 e. The van der Waals surface area contributed by atoms with Crippen molar-refractivity contribution in [3.8, 4) is 0 Å². The van der Waals surface area contributed by atoms with Crippen molar-refractivity contribution in [2.45, 2.75) is 56.5 Å². The average Bonchev–Trinajstić information content (AvgIpc) is 3.18. The Morgan fingerprint density at radius 3 is 2.74 bits per heavy atom. The van der Waals surface area contributed by atoms with Crippen molar-refractivity contribution < 1.29 is 17.9 Å². The third-order valence-electron chi connectivity index (χ3n) is 6.55. The first-order chi connectivity index (χ1) is 14.6. The maximum absolute atomic E-state index is 13.5. The summed E-state index contributed by atoms with van der Waals surface area (Å²) in [6.45, 7) is 6.34. The topological polar surface area (TPSA) is 97.2 Å². The minimum Gasteiger partial charge on any atom is -0.384 e. The number of allylic oxidation sites excluding steroid dienone is 2. The van der Waals surface area contributed by atoms with E-state index in [1.807, 2.05) is 13.0 Å². The zero-order valence-corrected chi connectivity index (χ0v) is 19.3. The lowest BCUT2D eigenvalue weighted by Gasteiger charge is -2.47. The molecule has 7 nitrogen and oxygen atoms in total. The summed E-state index contributed by atoms with van der Waals surface area (Å²) in [6, 6.07) is 6.99. The summed E-state index contributed by atoms with van der Waals surface area (Å²) in [7, 11) is -2.03. The van der Waals surface area contributed by atoms with E-state index >= 15 is 0 Å². The lowest BCUT2D eigenvalue weighted by molar-refractivity contribution is -0.119. The highest BCUT2D eigenvalue weighted by atomic mass is 32.2. The van der Waals surface area contributed by atoms with Gasteiger partial charge in [-0.25, -0.2) is 8.42 Å². The van der Waals surface area contributed by atoms with Crippen LogP contribution >= 0.6 is 0 Å². The van der Waals surface area contributed by atoms with Crippen LogP contribution in [0.4, 0.5) is 0 Å². The number of sulfone groups is 1. The van der Waals surface area contributed by atoms with Crippen molar-refractivity contribution in [3.05, 3.63) is 52.9 Å². The van der Waals surface area contributed by atoms with Crippen molar-refractivity contribution >= 4 is 15.6 Å². The van der Waals surface area contributed by atoms with Crippen molar-refractivity contribution in [1.82, 2.24) is 5.32 Å². The molecule has 1 aliphatic carbocycles. The first kappa shape index (κ1) is 21.9. The van der Waals surface area contributed by atoms with E-state index in [9.17, 15) is 13.2 Å². The number of methoxy groups -OCH3 is 1. The van der Waals surface area contributed by atoms with Crippen LogP contribution in [0.5, 0.6) is 0 Å². The number of hydrogen-bond acceptors (Lipinski definition) is 7. The second-order valence-electron chi connectivity index (χ2n) is 9.26. The molecule has 8 heteroatoms. The predicted molar refractivity (Wildman–Crippen MR) is 117 cm³/mol. The van der Waals surface area contributed by atoms with Gasteiger partial charge in [0.25, 0.3) is 0 Å². The zero-order chi connectivity index (χ0) is 22.4. The van der Waals surface area contributed by atoms with Crippen LogP contribution < -0.4 is 5.32 Å². The van der Waals surface area contributed by atoms with Gasteiger partial charge in [0.2, 0.25) is 0 Å². The summed E-state index contributed by atoms with van der Waals surface area (Å²) in [5.74, 6) is 0.00418. The Balaban J connectivity index is 1.92. The molecule has 1 aromatic carbocycles. The van der Waals surface area contributed by atoms with E-state index in [1.165, 1.54) is 7.11 Å². The average molecular weight is 444 g/mol. The fraction of sp³-hybridized carbons (Fsp3) is 0.522. The molecule has 0 radical (unpaired) electrons. The van der Waals surface area contributed by atoms with Crippen LogP contribution in [0.2, 0.25) is 0 Å². The number of ketones is 1. The van der Waals surface area contributed by atoms with E-state index in [-0.39, 0.29) is 34.6 Å². The molecule has 0 fully saturated rings. The summed E-state index contributed by atoms with van der Waals surface area (Å²) in [6.07, 6.45) is 3.18. The maximum atomic E-state index is 13.5. The Morgan fingerprint density at radius 2 is 2.03 bits per heavy atom. The molecular formula is C23H29N3O4S. The molecule has 0 saturated carbocycles. The van der Waals surface area contributed by atoms with Crippen LogP contribution in [0.1, 0.15) is 45.6 Å². The fourth-order valence-corrected chi connectivity index (χ4v) is 6.37. The molecule has 0 bridgehead atoms. The SMILES string of the molecule is CC[C@@]1(c2cccc(S(=O)(=O)CCOC)c2)C2=CN=NC2NC2=C1C(=O)CC(C)(C)C2. The molecule has 1 N–H and O–H groups in total. The van der Waals surface area contributed by atoms with Crippen molar-refractivity contribution in [2.24, 2.45) is 15.6 Å². The van der Waals surface area contributed by atoms with Gasteiger partial charge in [-0.2, -0.15) is 10.2 Å². The Morgan fingerprint density at radius 1 is 1.26 bits per heavy atom. The summed E-state index contributed by atoms with van der Waals surface area (Å²) in [5.41, 5.74) is 2.42. The van der Waals surface area contributed by atoms with Gasteiger partial charge >= 0.3 is 0 Å². The third-order valence-corrected chi connectivity index (χ3v) is 8.23. The number of nitrogens with one attached hydrogen (secondary N) is 1. The summed E-state index contributed by atoms with van der Waals surface area (Å²) in [4.78, 5) is 13.7. The van der Waals surface area contributed by atoms with E-state index in [4.69, 9.17) is 4.74 Å². The van der Waals surface area contributed by atoms with Gasteiger partial charge in [0, 0.05) is 30.4 Å². The zero-order valence-electron chi connectivity index (χ0n) is 18.4. The Bertz CT molecular complexity index is 1120. The minimum atomic E-state index is -3.51. The smallest absolute Gasteiger partial charge is 0.180 e. The predicted octanol–water partition coefficient (Wildman–Crippen LogP) is 3.68. The highest BCUT2D eigenvalue weighted by Crippen LogP contribution is 2.53. The van der Waals surface area contributed by atoms with E-state index in [2.05, 4.69) is 29.4 Å². The number of fused-ring (bicyclic) bond motifs is 1. The normalized spacial score (nSPS) is 26.9. The van der Waals surface area contributed by atoms with Gasteiger partial charge < -0.3 is 10.1 Å². The number of carbonyl (C=O) groups excluding carboxylic acids is 1. The molecule has 0 aromatic heterocycles. The second-order valence-corrected chi connectivity index (χ2v) is 11.4. The van der Waals surface area contributed by atoms with Gasteiger partial charge in [-0.3, -0.25) is 4.79 Å². The number of rotatable bonds is 6. The fourth-order valence-electron chi connectivity index (χ4n) is 5.16. The molecule has 0 spiro atoms.